The topological polar surface area (TPSA) is 83.7 Å². The molecule has 1 aromatic heterocycles. The summed E-state index contributed by atoms with van der Waals surface area (Å²) in [6.07, 6.45) is 0.952. The summed E-state index contributed by atoms with van der Waals surface area (Å²) < 4.78 is 10.8. The van der Waals surface area contributed by atoms with Crippen molar-refractivity contribution in [2.45, 2.75) is 19.4 Å². The maximum absolute atomic E-state index is 12.1. The molecule has 112 valence electrons. The van der Waals surface area contributed by atoms with Crippen LogP contribution in [0, 0.1) is 6.92 Å². The average molecular weight is 290 g/mol. The molecule has 6 nitrogen and oxygen atoms in total. The molecule has 2 heterocycles. The number of rotatable bonds is 3. The van der Waals surface area contributed by atoms with Crippen molar-refractivity contribution in [1.29, 1.82) is 0 Å². The monoisotopic (exact) mass is 290 g/mol. The van der Waals surface area contributed by atoms with Gasteiger partial charge in [0, 0.05) is 17.7 Å². The number of aromatic nitrogens is 2. The van der Waals surface area contributed by atoms with Crippen molar-refractivity contribution in [3.63, 3.8) is 0 Å². The molecule has 0 unspecified atom stereocenters. The molecule has 4 N–H and O–H groups in total. The third-order valence-corrected chi connectivity index (χ3v) is 4.12. The van der Waals surface area contributed by atoms with E-state index in [4.69, 9.17) is 9.47 Å². The zero-order valence-corrected chi connectivity index (χ0v) is 12.4. The lowest BCUT2D eigenvalue weighted by molar-refractivity contribution is -0.690. The first-order valence-corrected chi connectivity index (χ1v) is 7.01. The van der Waals surface area contributed by atoms with E-state index in [1.165, 1.54) is 5.56 Å². The number of nitrogens with two attached hydrogens (primary N) is 1. The van der Waals surface area contributed by atoms with E-state index in [-0.39, 0.29) is 11.6 Å². The Morgan fingerprint density at radius 2 is 1.90 bits per heavy atom. The van der Waals surface area contributed by atoms with E-state index in [0.717, 1.165) is 35.5 Å². The number of quaternary nitrogens is 1. The standard InChI is InChI=1S/C15H19N3O3/c1-8-13(15(19)18-17-8)14-10-7-12(21-3)11(20-2)6-9(10)4-5-16-14/h6-7,14,16H,4-5H2,1-3H3,(H2,17,18,19)/p+1/t14-/m1/s1. The molecule has 0 amide bonds. The molecule has 1 atom stereocenters. The van der Waals surface area contributed by atoms with Gasteiger partial charge in [-0.1, -0.05) is 0 Å². The Kier molecular flexibility index (Phi) is 3.47. The van der Waals surface area contributed by atoms with Gasteiger partial charge >= 0.3 is 0 Å². The smallest absolute Gasteiger partial charge is 0.273 e. The summed E-state index contributed by atoms with van der Waals surface area (Å²) in [5.41, 5.74) is 3.93. The summed E-state index contributed by atoms with van der Waals surface area (Å²) in [5.74, 6) is 1.43. The quantitative estimate of drug-likeness (QED) is 0.757. The molecule has 1 aromatic carbocycles. The lowest BCUT2D eigenvalue weighted by Gasteiger charge is -2.24. The van der Waals surface area contributed by atoms with Crippen molar-refractivity contribution in [1.82, 2.24) is 10.2 Å². The second kappa shape index (κ2) is 5.29. The van der Waals surface area contributed by atoms with Gasteiger partial charge in [-0.25, -0.2) is 0 Å². The Hall–Kier alpha value is -2.21. The largest absolute Gasteiger partial charge is 0.493 e. The fourth-order valence-corrected chi connectivity index (χ4v) is 3.08. The van der Waals surface area contributed by atoms with Gasteiger partial charge in [-0.15, -0.1) is 0 Å². The summed E-state index contributed by atoms with van der Waals surface area (Å²) in [5, 5.41) is 7.76. The second-order valence-electron chi connectivity index (χ2n) is 5.28. The molecule has 0 saturated carbocycles. The van der Waals surface area contributed by atoms with Gasteiger partial charge < -0.3 is 19.9 Å². The van der Waals surface area contributed by atoms with Crippen LogP contribution in [0.4, 0.5) is 0 Å². The minimum absolute atomic E-state index is 0.0106. The first-order valence-electron chi connectivity index (χ1n) is 7.01. The second-order valence-corrected chi connectivity index (χ2v) is 5.28. The molecular formula is C15H20N3O3+. The van der Waals surface area contributed by atoms with Crippen LogP contribution < -0.4 is 20.3 Å². The zero-order valence-electron chi connectivity index (χ0n) is 12.4. The highest BCUT2D eigenvalue weighted by Gasteiger charge is 2.30. The number of hydrogen-bond donors (Lipinski definition) is 3. The molecule has 2 aromatic rings. The van der Waals surface area contributed by atoms with Crippen molar-refractivity contribution in [2.24, 2.45) is 0 Å². The highest BCUT2D eigenvalue weighted by Crippen LogP contribution is 2.35. The summed E-state index contributed by atoms with van der Waals surface area (Å²) >= 11 is 0. The maximum Gasteiger partial charge on any atom is 0.273 e. The zero-order chi connectivity index (χ0) is 15.0. The van der Waals surface area contributed by atoms with Gasteiger partial charge in [-0.05, 0) is 24.6 Å². The van der Waals surface area contributed by atoms with Crippen molar-refractivity contribution in [2.75, 3.05) is 20.8 Å². The van der Waals surface area contributed by atoms with Crippen LogP contribution in [0.2, 0.25) is 0 Å². The van der Waals surface area contributed by atoms with Crippen LogP contribution in [0.5, 0.6) is 11.5 Å². The Labute approximate surface area is 122 Å². The number of H-pyrrole nitrogens is 2. The lowest BCUT2D eigenvalue weighted by Crippen LogP contribution is -2.87. The molecule has 0 fully saturated rings. The Balaban J connectivity index is 2.16. The van der Waals surface area contributed by atoms with E-state index < -0.39 is 0 Å². The average Bonchev–Trinajstić information content (AvgIpc) is 2.84. The van der Waals surface area contributed by atoms with Gasteiger partial charge in [-0.3, -0.25) is 9.89 Å². The third kappa shape index (κ3) is 2.21. The minimum Gasteiger partial charge on any atom is -0.493 e. The van der Waals surface area contributed by atoms with E-state index in [1.54, 1.807) is 14.2 Å². The molecule has 3 rings (SSSR count). The van der Waals surface area contributed by atoms with Gasteiger partial charge in [-0.2, -0.15) is 0 Å². The van der Waals surface area contributed by atoms with Gasteiger partial charge in [0.15, 0.2) is 11.5 Å². The number of hydrogen-bond acceptors (Lipinski definition) is 3. The molecule has 0 aliphatic carbocycles. The Bertz CT molecular complexity index is 717. The molecule has 6 heteroatoms. The summed E-state index contributed by atoms with van der Waals surface area (Å²) in [6, 6.07) is 3.99. The number of methoxy groups -OCH3 is 2. The van der Waals surface area contributed by atoms with Crippen LogP contribution in [0.15, 0.2) is 16.9 Å². The van der Waals surface area contributed by atoms with Crippen molar-refractivity contribution in [3.05, 3.63) is 44.9 Å². The molecule has 21 heavy (non-hydrogen) atoms. The predicted molar refractivity (Wildman–Crippen MR) is 78.0 cm³/mol. The lowest BCUT2D eigenvalue weighted by atomic mass is 9.89. The highest BCUT2D eigenvalue weighted by molar-refractivity contribution is 5.50. The van der Waals surface area contributed by atoms with Gasteiger partial charge in [0.1, 0.15) is 11.6 Å². The normalized spacial score (nSPS) is 17.4. The number of aryl methyl sites for hydroxylation is 1. The van der Waals surface area contributed by atoms with Crippen molar-refractivity contribution >= 4 is 0 Å². The van der Waals surface area contributed by atoms with Gasteiger partial charge in [0.25, 0.3) is 5.56 Å². The van der Waals surface area contributed by atoms with E-state index >= 15 is 0 Å². The number of benzene rings is 1. The van der Waals surface area contributed by atoms with Gasteiger partial charge in [0.2, 0.25) is 0 Å². The summed E-state index contributed by atoms with van der Waals surface area (Å²) in [4.78, 5) is 12.1. The molecule has 0 saturated heterocycles. The molecule has 0 spiro atoms. The van der Waals surface area contributed by atoms with Gasteiger partial charge in [0.05, 0.1) is 20.8 Å². The fourth-order valence-electron chi connectivity index (χ4n) is 3.08. The van der Waals surface area contributed by atoms with E-state index in [0.29, 0.717) is 5.75 Å². The van der Waals surface area contributed by atoms with Crippen LogP contribution >= 0.6 is 0 Å². The third-order valence-electron chi connectivity index (χ3n) is 4.12. The van der Waals surface area contributed by atoms with Crippen molar-refractivity contribution in [3.8, 4) is 11.5 Å². The Morgan fingerprint density at radius 1 is 1.19 bits per heavy atom. The Morgan fingerprint density at radius 3 is 2.52 bits per heavy atom. The molecular weight excluding hydrogens is 270 g/mol. The van der Waals surface area contributed by atoms with Crippen LogP contribution in [0.1, 0.15) is 28.4 Å². The number of ether oxygens (including phenoxy) is 2. The fraction of sp³-hybridized carbons (Fsp3) is 0.400. The molecule has 0 radical (unpaired) electrons. The highest BCUT2D eigenvalue weighted by atomic mass is 16.5. The minimum atomic E-state index is -0.0589. The van der Waals surface area contributed by atoms with Crippen LogP contribution in [-0.2, 0) is 6.42 Å². The predicted octanol–water partition coefficient (Wildman–Crippen LogP) is 0.238. The summed E-state index contributed by atoms with van der Waals surface area (Å²) in [7, 11) is 3.26. The number of nitrogens with one attached hydrogen (secondary N) is 2. The first-order chi connectivity index (χ1) is 10.2. The van der Waals surface area contributed by atoms with Crippen LogP contribution in [-0.4, -0.2) is 31.0 Å². The maximum atomic E-state index is 12.1. The van der Waals surface area contributed by atoms with Crippen LogP contribution in [0.3, 0.4) is 0 Å². The molecule has 1 aliphatic heterocycles. The van der Waals surface area contributed by atoms with E-state index in [1.807, 2.05) is 19.1 Å². The summed E-state index contributed by atoms with van der Waals surface area (Å²) in [6.45, 7) is 2.85. The van der Waals surface area contributed by atoms with E-state index in [9.17, 15) is 4.79 Å². The number of aromatic amines is 2. The first kappa shape index (κ1) is 13.8. The molecule has 1 aliphatic rings. The number of fused-ring (bicyclic) bond motifs is 1. The van der Waals surface area contributed by atoms with Crippen LogP contribution in [0.25, 0.3) is 0 Å². The van der Waals surface area contributed by atoms with E-state index in [2.05, 4.69) is 15.5 Å². The van der Waals surface area contributed by atoms with Crippen molar-refractivity contribution < 1.29 is 14.8 Å². The molecule has 0 bridgehead atoms. The SMILES string of the molecule is COc1cc2c(cc1OC)[C@H](c1c(C)[nH][nH]c1=O)[NH2+]CC2.